The summed E-state index contributed by atoms with van der Waals surface area (Å²) in [5, 5.41) is 3.52. The highest BCUT2D eigenvalue weighted by Gasteiger charge is 2.14. The molecule has 108 valence electrons. The Labute approximate surface area is 124 Å². The second-order valence-corrected chi connectivity index (χ2v) is 5.42. The minimum atomic E-state index is -0.409. The normalized spacial score (nSPS) is 18.4. The van der Waals surface area contributed by atoms with Gasteiger partial charge in [0, 0.05) is 23.4 Å². The molecule has 4 heteroatoms. The molecule has 1 saturated heterocycles. The van der Waals surface area contributed by atoms with Gasteiger partial charge in [0.15, 0.2) is 0 Å². The van der Waals surface area contributed by atoms with Crippen molar-refractivity contribution in [2.75, 3.05) is 6.54 Å². The van der Waals surface area contributed by atoms with E-state index in [0.29, 0.717) is 11.6 Å². The van der Waals surface area contributed by atoms with Crippen LogP contribution in [0, 0.1) is 0 Å². The van der Waals surface area contributed by atoms with Gasteiger partial charge < -0.3 is 11.1 Å². The summed E-state index contributed by atoms with van der Waals surface area (Å²) < 4.78 is 0. The Morgan fingerprint density at radius 2 is 1.95 bits per heavy atom. The zero-order chi connectivity index (χ0) is 14.7. The Hall–Kier alpha value is -2.20. The SMILES string of the molecule is NC(=O)c1ccc(-c2ccc(C3CCCCN3)cn2)cc1. The Balaban J connectivity index is 1.78. The van der Waals surface area contributed by atoms with E-state index in [-0.39, 0.29) is 0 Å². The van der Waals surface area contributed by atoms with Crippen molar-refractivity contribution in [1.82, 2.24) is 10.3 Å². The van der Waals surface area contributed by atoms with Crippen molar-refractivity contribution in [3.63, 3.8) is 0 Å². The molecule has 1 aliphatic heterocycles. The van der Waals surface area contributed by atoms with Crippen LogP contribution in [0.4, 0.5) is 0 Å². The maximum absolute atomic E-state index is 11.1. The van der Waals surface area contributed by atoms with Gasteiger partial charge in [0.25, 0.3) is 0 Å². The second-order valence-electron chi connectivity index (χ2n) is 5.42. The molecule has 0 radical (unpaired) electrons. The van der Waals surface area contributed by atoms with E-state index in [9.17, 15) is 4.79 Å². The van der Waals surface area contributed by atoms with Crippen molar-refractivity contribution in [3.05, 3.63) is 53.7 Å². The number of primary amides is 1. The minimum Gasteiger partial charge on any atom is -0.366 e. The molecule has 2 heterocycles. The number of nitrogens with two attached hydrogens (primary N) is 1. The molecule has 0 spiro atoms. The first-order chi connectivity index (χ1) is 10.2. The Bertz CT molecular complexity index is 613. The fourth-order valence-corrected chi connectivity index (χ4v) is 2.72. The summed E-state index contributed by atoms with van der Waals surface area (Å²) in [7, 11) is 0. The van der Waals surface area contributed by atoms with E-state index in [1.807, 2.05) is 24.4 Å². The van der Waals surface area contributed by atoms with Crippen LogP contribution in [0.5, 0.6) is 0 Å². The van der Waals surface area contributed by atoms with E-state index >= 15 is 0 Å². The molecule has 0 bridgehead atoms. The van der Waals surface area contributed by atoms with Gasteiger partial charge in [-0.15, -0.1) is 0 Å². The lowest BCUT2D eigenvalue weighted by Crippen LogP contribution is -2.26. The van der Waals surface area contributed by atoms with Gasteiger partial charge in [0.2, 0.25) is 5.91 Å². The highest BCUT2D eigenvalue weighted by atomic mass is 16.1. The molecular weight excluding hydrogens is 262 g/mol. The molecule has 1 atom stereocenters. The Morgan fingerprint density at radius 1 is 1.14 bits per heavy atom. The zero-order valence-corrected chi connectivity index (χ0v) is 11.9. The van der Waals surface area contributed by atoms with Gasteiger partial charge in [-0.2, -0.15) is 0 Å². The van der Waals surface area contributed by atoms with Crippen molar-refractivity contribution in [2.45, 2.75) is 25.3 Å². The summed E-state index contributed by atoms with van der Waals surface area (Å²) in [4.78, 5) is 15.6. The molecule has 1 unspecified atom stereocenters. The zero-order valence-electron chi connectivity index (χ0n) is 11.9. The van der Waals surface area contributed by atoms with Crippen LogP contribution >= 0.6 is 0 Å². The number of pyridine rings is 1. The second kappa shape index (κ2) is 6.06. The Morgan fingerprint density at radius 3 is 2.52 bits per heavy atom. The molecule has 1 fully saturated rings. The topological polar surface area (TPSA) is 68.0 Å². The highest BCUT2D eigenvalue weighted by Crippen LogP contribution is 2.24. The molecule has 1 aromatic carbocycles. The van der Waals surface area contributed by atoms with Gasteiger partial charge in [-0.1, -0.05) is 24.6 Å². The van der Waals surface area contributed by atoms with Crippen LogP contribution in [-0.2, 0) is 0 Å². The summed E-state index contributed by atoms with van der Waals surface area (Å²) in [6.07, 6.45) is 5.65. The first-order valence-corrected chi connectivity index (χ1v) is 7.33. The number of benzene rings is 1. The molecule has 4 nitrogen and oxygen atoms in total. The first kappa shape index (κ1) is 13.8. The van der Waals surface area contributed by atoms with Crippen LogP contribution in [-0.4, -0.2) is 17.4 Å². The predicted molar refractivity (Wildman–Crippen MR) is 82.8 cm³/mol. The molecular formula is C17H19N3O. The van der Waals surface area contributed by atoms with Gasteiger partial charge in [-0.25, -0.2) is 0 Å². The van der Waals surface area contributed by atoms with Gasteiger partial charge >= 0.3 is 0 Å². The number of hydrogen-bond acceptors (Lipinski definition) is 3. The third kappa shape index (κ3) is 3.11. The van der Waals surface area contributed by atoms with Gasteiger partial charge in [-0.3, -0.25) is 9.78 Å². The van der Waals surface area contributed by atoms with Gasteiger partial charge in [0.1, 0.15) is 0 Å². The average molecular weight is 281 g/mol. The summed E-state index contributed by atoms with van der Waals surface area (Å²) in [5.41, 5.74) is 8.90. The van der Waals surface area contributed by atoms with Gasteiger partial charge in [-0.05, 0) is 43.1 Å². The molecule has 3 rings (SSSR count). The summed E-state index contributed by atoms with van der Waals surface area (Å²) in [6, 6.07) is 11.8. The quantitative estimate of drug-likeness (QED) is 0.908. The van der Waals surface area contributed by atoms with Crippen LogP contribution in [0.2, 0.25) is 0 Å². The number of piperidine rings is 1. The number of amides is 1. The van der Waals surface area contributed by atoms with Crippen molar-refractivity contribution in [2.24, 2.45) is 5.73 Å². The largest absolute Gasteiger partial charge is 0.366 e. The number of aromatic nitrogens is 1. The lowest BCUT2D eigenvalue weighted by molar-refractivity contribution is 0.100. The molecule has 21 heavy (non-hydrogen) atoms. The smallest absolute Gasteiger partial charge is 0.248 e. The molecule has 0 saturated carbocycles. The van der Waals surface area contributed by atoms with Crippen molar-refractivity contribution in [3.8, 4) is 11.3 Å². The predicted octanol–water partition coefficient (Wildman–Crippen LogP) is 2.66. The molecule has 0 aliphatic carbocycles. The molecule has 2 aromatic rings. The standard InChI is InChI=1S/C17H19N3O/c18-17(21)13-6-4-12(5-7-13)16-9-8-14(11-20-16)15-3-1-2-10-19-15/h4-9,11,15,19H,1-3,10H2,(H2,18,21). The van der Waals surface area contributed by atoms with E-state index in [2.05, 4.69) is 16.4 Å². The van der Waals surface area contributed by atoms with Crippen LogP contribution in [0.3, 0.4) is 0 Å². The summed E-state index contributed by atoms with van der Waals surface area (Å²) in [6.45, 7) is 1.08. The van der Waals surface area contributed by atoms with Crippen LogP contribution in [0.15, 0.2) is 42.6 Å². The number of carbonyl (C=O) groups is 1. The highest BCUT2D eigenvalue weighted by molar-refractivity contribution is 5.93. The summed E-state index contributed by atoms with van der Waals surface area (Å²) >= 11 is 0. The van der Waals surface area contributed by atoms with E-state index in [1.165, 1.54) is 24.8 Å². The molecule has 3 N–H and O–H groups in total. The fraction of sp³-hybridized carbons (Fsp3) is 0.294. The molecule has 1 aromatic heterocycles. The minimum absolute atomic E-state index is 0.409. The van der Waals surface area contributed by atoms with Crippen LogP contribution in [0.25, 0.3) is 11.3 Å². The number of hydrogen-bond donors (Lipinski definition) is 2. The molecule has 1 amide bonds. The monoisotopic (exact) mass is 281 g/mol. The lowest BCUT2D eigenvalue weighted by Gasteiger charge is -2.23. The van der Waals surface area contributed by atoms with Crippen molar-refractivity contribution >= 4 is 5.91 Å². The summed E-state index contributed by atoms with van der Waals surface area (Å²) in [5.74, 6) is -0.409. The third-order valence-corrected chi connectivity index (χ3v) is 3.96. The Kier molecular flexibility index (Phi) is 3.97. The number of carbonyl (C=O) groups excluding carboxylic acids is 1. The fourth-order valence-electron chi connectivity index (χ4n) is 2.72. The van der Waals surface area contributed by atoms with E-state index in [0.717, 1.165) is 17.8 Å². The van der Waals surface area contributed by atoms with Crippen LogP contribution in [0.1, 0.15) is 41.2 Å². The van der Waals surface area contributed by atoms with Crippen molar-refractivity contribution < 1.29 is 4.79 Å². The number of nitrogens with one attached hydrogen (secondary N) is 1. The maximum atomic E-state index is 11.1. The van der Waals surface area contributed by atoms with E-state index in [4.69, 9.17) is 5.73 Å². The van der Waals surface area contributed by atoms with Crippen molar-refractivity contribution in [1.29, 1.82) is 0 Å². The average Bonchev–Trinajstić information content (AvgIpc) is 2.56. The maximum Gasteiger partial charge on any atom is 0.248 e. The number of nitrogens with zero attached hydrogens (tertiary/aromatic N) is 1. The van der Waals surface area contributed by atoms with E-state index < -0.39 is 5.91 Å². The third-order valence-electron chi connectivity index (χ3n) is 3.96. The molecule has 1 aliphatic rings. The van der Waals surface area contributed by atoms with E-state index in [1.54, 1.807) is 12.1 Å². The number of rotatable bonds is 3. The first-order valence-electron chi connectivity index (χ1n) is 7.33. The van der Waals surface area contributed by atoms with Gasteiger partial charge in [0.05, 0.1) is 5.69 Å². The van der Waals surface area contributed by atoms with Crippen LogP contribution < -0.4 is 11.1 Å². The lowest BCUT2D eigenvalue weighted by atomic mass is 9.98.